The predicted octanol–water partition coefficient (Wildman–Crippen LogP) is 2.02. The van der Waals surface area contributed by atoms with Crippen molar-refractivity contribution in [3.63, 3.8) is 0 Å². The van der Waals surface area contributed by atoms with Crippen molar-refractivity contribution < 1.29 is 8.42 Å². The monoisotopic (exact) mass is 305 g/mol. The number of pyridine rings is 1. The minimum atomic E-state index is -3.58. The second-order valence-corrected chi connectivity index (χ2v) is 6.55. The average Bonchev–Trinajstić information content (AvgIpc) is 2.53. The van der Waals surface area contributed by atoms with Crippen molar-refractivity contribution in [2.24, 2.45) is 0 Å². The maximum atomic E-state index is 12.5. The zero-order valence-corrected chi connectivity index (χ0v) is 13.0. The van der Waals surface area contributed by atoms with Crippen LogP contribution >= 0.6 is 0 Å². The van der Waals surface area contributed by atoms with Gasteiger partial charge in [-0.25, -0.2) is 13.4 Å². The number of nitrogens with zero attached hydrogens (tertiary/aromatic N) is 2. The summed E-state index contributed by atoms with van der Waals surface area (Å²) in [4.78, 5) is 4.33. The van der Waals surface area contributed by atoms with Crippen molar-refractivity contribution in [1.29, 1.82) is 0 Å². The number of hydrogen-bond acceptors (Lipinski definition) is 4. The molecule has 1 N–H and O–H groups in total. The van der Waals surface area contributed by atoms with Crippen LogP contribution in [0.4, 0.5) is 5.82 Å². The van der Waals surface area contributed by atoms with E-state index in [1.165, 1.54) is 11.4 Å². The van der Waals surface area contributed by atoms with Gasteiger partial charge in [-0.2, -0.15) is 0 Å². The van der Waals surface area contributed by atoms with Crippen LogP contribution in [0.2, 0.25) is 0 Å². The SMILES string of the molecule is CCNCc1ccc(S(=O)(=O)N(C)c2ccccn2)cc1. The highest BCUT2D eigenvalue weighted by molar-refractivity contribution is 7.92. The zero-order valence-electron chi connectivity index (χ0n) is 12.2. The first kappa shape index (κ1) is 15.5. The van der Waals surface area contributed by atoms with E-state index in [1.807, 2.05) is 19.1 Å². The first-order valence-corrected chi connectivity index (χ1v) is 8.19. The van der Waals surface area contributed by atoms with Gasteiger partial charge in [0.1, 0.15) is 5.82 Å². The van der Waals surface area contributed by atoms with Gasteiger partial charge in [0.2, 0.25) is 0 Å². The number of rotatable bonds is 6. The summed E-state index contributed by atoms with van der Waals surface area (Å²) in [6, 6.07) is 12.1. The molecule has 0 spiro atoms. The van der Waals surface area contributed by atoms with Gasteiger partial charge in [-0.3, -0.25) is 4.31 Å². The summed E-state index contributed by atoms with van der Waals surface area (Å²) < 4.78 is 26.2. The van der Waals surface area contributed by atoms with E-state index in [2.05, 4.69) is 10.3 Å². The van der Waals surface area contributed by atoms with E-state index >= 15 is 0 Å². The van der Waals surface area contributed by atoms with E-state index in [1.54, 1.807) is 36.5 Å². The van der Waals surface area contributed by atoms with Crippen LogP contribution in [0.15, 0.2) is 53.6 Å². The molecule has 0 fully saturated rings. The highest BCUT2D eigenvalue weighted by atomic mass is 32.2. The molecule has 2 rings (SSSR count). The summed E-state index contributed by atoms with van der Waals surface area (Å²) in [6.07, 6.45) is 1.57. The standard InChI is InChI=1S/C15H19N3O2S/c1-3-16-12-13-7-9-14(10-8-13)21(19,20)18(2)15-6-4-5-11-17-15/h4-11,16H,3,12H2,1-2H3. The zero-order chi connectivity index (χ0) is 15.3. The molecular weight excluding hydrogens is 286 g/mol. The fourth-order valence-electron chi connectivity index (χ4n) is 1.87. The smallest absolute Gasteiger partial charge is 0.265 e. The minimum absolute atomic E-state index is 0.260. The van der Waals surface area contributed by atoms with E-state index in [-0.39, 0.29) is 4.90 Å². The summed E-state index contributed by atoms with van der Waals surface area (Å²) in [5.41, 5.74) is 1.05. The van der Waals surface area contributed by atoms with Crippen LogP contribution in [0, 0.1) is 0 Å². The molecule has 0 aliphatic carbocycles. The van der Waals surface area contributed by atoms with Gasteiger partial charge >= 0.3 is 0 Å². The second kappa shape index (κ2) is 6.69. The second-order valence-electron chi connectivity index (χ2n) is 4.58. The maximum Gasteiger partial charge on any atom is 0.265 e. The summed E-state index contributed by atoms with van der Waals surface area (Å²) in [5.74, 6) is 0.397. The Bertz CT molecular complexity index is 670. The Kier molecular flexibility index (Phi) is 4.93. The number of benzene rings is 1. The normalized spacial score (nSPS) is 11.3. The molecule has 0 saturated heterocycles. The molecule has 1 aromatic heterocycles. The van der Waals surface area contributed by atoms with Crippen molar-refractivity contribution in [3.8, 4) is 0 Å². The molecule has 0 aliphatic rings. The maximum absolute atomic E-state index is 12.5. The van der Waals surface area contributed by atoms with Crippen LogP contribution in [0.3, 0.4) is 0 Å². The molecule has 0 radical (unpaired) electrons. The Labute approximate surface area is 125 Å². The number of aromatic nitrogens is 1. The number of hydrogen-bond donors (Lipinski definition) is 1. The van der Waals surface area contributed by atoms with Gasteiger partial charge in [-0.05, 0) is 36.4 Å². The largest absolute Gasteiger partial charge is 0.313 e. The lowest BCUT2D eigenvalue weighted by molar-refractivity contribution is 0.594. The Morgan fingerprint density at radius 1 is 1.14 bits per heavy atom. The molecule has 0 saturated carbocycles. The highest BCUT2D eigenvalue weighted by Crippen LogP contribution is 2.20. The molecule has 5 nitrogen and oxygen atoms in total. The van der Waals surface area contributed by atoms with Crippen molar-refractivity contribution in [2.75, 3.05) is 17.9 Å². The predicted molar refractivity (Wildman–Crippen MR) is 83.6 cm³/mol. The van der Waals surface area contributed by atoms with E-state index in [9.17, 15) is 8.42 Å². The van der Waals surface area contributed by atoms with Gasteiger partial charge in [0, 0.05) is 19.8 Å². The topological polar surface area (TPSA) is 62.3 Å². The summed E-state index contributed by atoms with van der Waals surface area (Å²) >= 11 is 0. The first-order chi connectivity index (χ1) is 10.1. The molecule has 112 valence electrons. The molecule has 21 heavy (non-hydrogen) atoms. The number of nitrogens with one attached hydrogen (secondary N) is 1. The van der Waals surface area contributed by atoms with Gasteiger partial charge in [0.15, 0.2) is 0 Å². The van der Waals surface area contributed by atoms with Crippen LogP contribution in [0.1, 0.15) is 12.5 Å². The van der Waals surface area contributed by atoms with Crippen LogP contribution in [0.5, 0.6) is 0 Å². The van der Waals surface area contributed by atoms with Crippen LogP contribution in [-0.2, 0) is 16.6 Å². The fourth-order valence-corrected chi connectivity index (χ4v) is 3.02. The Morgan fingerprint density at radius 2 is 1.86 bits per heavy atom. The van der Waals surface area contributed by atoms with Gasteiger partial charge in [0.05, 0.1) is 4.90 Å². The third kappa shape index (κ3) is 3.59. The van der Waals surface area contributed by atoms with E-state index < -0.39 is 10.0 Å². The molecule has 1 heterocycles. The Balaban J connectivity index is 2.23. The molecule has 1 aromatic carbocycles. The highest BCUT2D eigenvalue weighted by Gasteiger charge is 2.21. The lowest BCUT2D eigenvalue weighted by Gasteiger charge is -2.18. The average molecular weight is 305 g/mol. The first-order valence-electron chi connectivity index (χ1n) is 6.75. The van der Waals surface area contributed by atoms with Crippen LogP contribution < -0.4 is 9.62 Å². The molecule has 6 heteroatoms. The Morgan fingerprint density at radius 3 is 2.43 bits per heavy atom. The molecule has 0 aliphatic heterocycles. The number of sulfonamides is 1. The van der Waals surface area contributed by atoms with Crippen LogP contribution in [0.25, 0.3) is 0 Å². The molecule has 0 unspecified atom stereocenters. The molecule has 0 atom stereocenters. The third-order valence-corrected chi connectivity index (χ3v) is 4.91. The van der Waals surface area contributed by atoms with Crippen molar-refractivity contribution in [3.05, 3.63) is 54.2 Å². The molecular formula is C15H19N3O2S. The van der Waals surface area contributed by atoms with Gasteiger partial charge in [0.25, 0.3) is 10.0 Å². The van der Waals surface area contributed by atoms with Crippen molar-refractivity contribution >= 4 is 15.8 Å². The Hall–Kier alpha value is -1.92. The summed E-state index contributed by atoms with van der Waals surface area (Å²) in [6.45, 7) is 3.63. The van der Waals surface area contributed by atoms with Gasteiger partial charge in [-0.1, -0.05) is 25.1 Å². The van der Waals surface area contributed by atoms with E-state index in [0.717, 1.165) is 18.7 Å². The van der Waals surface area contributed by atoms with Crippen molar-refractivity contribution in [2.45, 2.75) is 18.4 Å². The molecule has 0 amide bonds. The van der Waals surface area contributed by atoms with Gasteiger partial charge < -0.3 is 5.32 Å². The van der Waals surface area contributed by atoms with E-state index in [0.29, 0.717) is 5.82 Å². The quantitative estimate of drug-likeness (QED) is 0.887. The molecule has 0 bridgehead atoms. The lowest BCUT2D eigenvalue weighted by atomic mass is 10.2. The fraction of sp³-hybridized carbons (Fsp3) is 0.267. The van der Waals surface area contributed by atoms with Gasteiger partial charge in [-0.15, -0.1) is 0 Å². The van der Waals surface area contributed by atoms with Crippen LogP contribution in [-0.4, -0.2) is 27.0 Å². The van der Waals surface area contributed by atoms with E-state index in [4.69, 9.17) is 0 Å². The number of anilines is 1. The summed E-state index contributed by atoms with van der Waals surface area (Å²) in [5, 5.41) is 3.20. The lowest BCUT2D eigenvalue weighted by Crippen LogP contribution is -2.27. The minimum Gasteiger partial charge on any atom is -0.313 e. The van der Waals surface area contributed by atoms with Crippen molar-refractivity contribution in [1.82, 2.24) is 10.3 Å². The summed E-state index contributed by atoms with van der Waals surface area (Å²) in [7, 11) is -2.07. The molecule has 2 aromatic rings. The third-order valence-electron chi connectivity index (χ3n) is 3.13.